The van der Waals surface area contributed by atoms with Gasteiger partial charge in [-0.05, 0) is 41.7 Å². The molecule has 0 aromatic heterocycles. The molecule has 0 radical (unpaired) electrons. The molecule has 0 aliphatic heterocycles. The Hall–Kier alpha value is -2.94. The van der Waals surface area contributed by atoms with Gasteiger partial charge in [0.2, 0.25) is 0 Å². The van der Waals surface area contributed by atoms with Crippen LogP contribution in [-0.2, 0) is 42.9 Å². The third-order valence-corrected chi connectivity index (χ3v) is 11.3. The molecule has 0 amide bonds. The number of ether oxygens (including phenoxy) is 3. The van der Waals surface area contributed by atoms with Crippen molar-refractivity contribution in [1.82, 2.24) is 4.90 Å². The lowest BCUT2D eigenvalue weighted by Gasteiger charge is -2.44. The van der Waals surface area contributed by atoms with Gasteiger partial charge in [0.15, 0.2) is 0 Å². The van der Waals surface area contributed by atoms with Crippen LogP contribution in [0.5, 0.6) is 0 Å². The lowest BCUT2D eigenvalue weighted by atomic mass is 10.0. The smallest absolute Gasteiger partial charge is 0.330 e. The third kappa shape index (κ3) is 13.9. The maximum atomic E-state index is 12.8. The van der Waals surface area contributed by atoms with Gasteiger partial charge in [0.05, 0.1) is 12.7 Å². The SMILES string of the molecule is CC.COCOC(/C=C/C(=O)OCc1ccccc1)C(CCOS(C)(C)C(C)(C)C)N(Cc1ccccc1)Cc1ccccc1. The van der Waals surface area contributed by atoms with Crippen LogP contribution in [0, 0.1) is 0 Å². The summed E-state index contributed by atoms with van der Waals surface area (Å²) in [6.07, 6.45) is 7.97. The van der Waals surface area contributed by atoms with Gasteiger partial charge >= 0.3 is 5.97 Å². The predicted octanol–water partition coefficient (Wildman–Crippen LogP) is 8.56. The van der Waals surface area contributed by atoms with Gasteiger partial charge in [-0.25, -0.2) is 4.79 Å². The molecule has 0 bridgehead atoms. The molecule has 7 heteroatoms. The van der Waals surface area contributed by atoms with Crippen molar-refractivity contribution in [3.05, 3.63) is 120 Å². The van der Waals surface area contributed by atoms with E-state index in [0.717, 1.165) is 5.56 Å². The van der Waals surface area contributed by atoms with Gasteiger partial charge in [-0.1, -0.05) is 126 Å². The number of hydrogen-bond donors (Lipinski definition) is 0. The fraction of sp³-hybridized carbons (Fsp3) is 0.447. The average Bonchev–Trinajstić information content (AvgIpc) is 3.04. The van der Waals surface area contributed by atoms with E-state index in [1.807, 2.05) is 62.4 Å². The summed E-state index contributed by atoms with van der Waals surface area (Å²) in [5.74, 6) is -0.416. The van der Waals surface area contributed by atoms with Crippen molar-refractivity contribution in [1.29, 1.82) is 0 Å². The number of benzene rings is 3. The fourth-order valence-corrected chi connectivity index (χ4v) is 5.29. The van der Waals surface area contributed by atoms with Crippen molar-refractivity contribution < 1.29 is 23.2 Å². The molecule has 0 saturated heterocycles. The molecule has 0 heterocycles. The molecule has 6 nitrogen and oxygen atoms in total. The topological polar surface area (TPSA) is 57.2 Å². The number of nitrogens with zero attached hydrogens (tertiary/aromatic N) is 1. The number of methoxy groups -OCH3 is 1. The maximum Gasteiger partial charge on any atom is 0.330 e. The van der Waals surface area contributed by atoms with Crippen LogP contribution in [0.15, 0.2) is 103 Å². The molecule has 248 valence electrons. The first-order valence-corrected chi connectivity index (χ1v) is 18.1. The van der Waals surface area contributed by atoms with Gasteiger partial charge in [-0.2, -0.15) is 0 Å². The minimum Gasteiger partial charge on any atom is -0.458 e. The molecule has 0 saturated carbocycles. The minimum atomic E-state index is -1.32. The second-order valence-electron chi connectivity index (χ2n) is 11.9. The number of carbonyl (C=O) groups excluding carboxylic acids is 1. The highest BCUT2D eigenvalue weighted by Gasteiger charge is 2.31. The molecule has 0 aliphatic rings. The summed E-state index contributed by atoms with van der Waals surface area (Å²) in [7, 11) is 0.290. The Morgan fingerprint density at radius 2 is 1.31 bits per heavy atom. The summed E-state index contributed by atoms with van der Waals surface area (Å²) in [5, 5.41) is 0. The Balaban J connectivity index is 0.00000345. The molecule has 3 aromatic rings. The second kappa shape index (κ2) is 20.2. The lowest BCUT2D eigenvalue weighted by molar-refractivity contribution is -0.139. The maximum absolute atomic E-state index is 12.8. The quantitative estimate of drug-likeness (QED) is 0.0840. The molecule has 0 fully saturated rings. The van der Waals surface area contributed by atoms with Crippen molar-refractivity contribution in [2.75, 3.05) is 33.0 Å². The zero-order valence-corrected chi connectivity index (χ0v) is 29.4. The van der Waals surface area contributed by atoms with E-state index >= 15 is 0 Å². The monoisotopic (exact) mass is 637 g/mol. The van der Waals surface area contributed by atoms with Gasteiger partial charge in [-0.3, -0.25) is 4.90 Å². The molecular formula is C38H55NO5S. The van der Waals surface area contributed by atoms with Crippen molar-refractivity contribution >= 4 is 16.3 Å². The van der Waals surface area contributed by atoms with Crippen molar-refractivity contribution in [2.24, 2.45) is 0 Å². The predicted molar refractivity (Wildman–Crippen MR) is 189 cm³/mol. The number of rotatable bonds is 17. The van der Waals surface area contributed by atoms with Crippen LogP contribution in [0.25, 0.3) is 0 Å². The number of hydrogen-bond acceptors (Lipinski definition) is 6. The van der Waals surface area contributed by atoms with Gasteiger partial charge in [0, 0.05) is 37.1 Å². The number of carbonyl (C=O) groups is 1. The molecule has 2 unspecified atom stereocenters. The second-order valence-corrected chi connectivity index (χ2v) is 15.8. The van der Waals surface area contributed by atoms with Crippen LogP contribution in [-0.4, -0.2) is 60.8 Å². The summed E-state index contributed by atoms with van der Waals surface area (Å²) < 4.78 is 23.8. The largest absolute Gasteiger partial charge is 0.458 e. The molecule has 3 rings (SSSR count). The number of esters is 1. The highest BCUT2D eigenvalue weighted by Crippen LogP contribution is 2.53. The normalized spacial score (nSPS) is 13.6. The van der Waals surface area contributed by atoms with Crippen molar-refractivity contribution in [2.45, 2.75) is 77.6 Å². The standard InChI is InChI=1S/C36H49NO5S.C2H6/c1-36(2,3)43(5,6)42-25-24-33(37(26-30-16-10-7-11-17-30)27-31-18-12-8-13-19-31)34(41-29-39-4)22-23-35(38)40-28-32-20-14-9-15-21-32;1-2/h7-23,33-34H,24-29H2,1-6H3;1-2H3/b23-22+;. The van der Waals surface area contributed by atoms with E-state index in [-0.39, 0.29) is 24.2 Å². The van der Waals surface area contributed by atoms with E-state index < -0.39 is 22.4 Å². The Kier molecular flexibility index (Phi) is 17.2. The van der Waals surface area contributed by atoms with E-state index in [9.17, 15) is 4.79 Å². The summed E-state index contributed by atoms with van der Waals surface area (Å²) >= 11 is 0. The van der Waals surface area contributed by atoms with Crippen LogP contribution < -0.4 is 0 Å². The zero-order chi connectivity index (χ0) is 33.1. The Labute approximate surface area is 274 Å². The third-order valence-electron chi connectivity index (χ3n) is 7.60. The minimum absolute atomic E-state index is 0.0463. The van der Waals surface area contributed by atoms with E-state index in [1.54, 1.807) is 7.11 Å². The molecule has 45 heavy (non-hydrogen) atoms. The average molecular weight is 638 g/mol. The summed E-state index contributed by atoms with van der Waals surface area (Å²) in [6, 6.07) is 30.4. The fourth-order valence-electron chi connectivity index (χ4n) is 4.43. The van der Waals surface area contributed by atoms with Gasteiger partial charge in [-0.15, -0.1) is 10.3 Å². The highest BCUT2D eigenvalue weighted by molar-refractivity contribution is 8.29. The van der Waals surface area contributed by atoms with E-state index in [1.165, 1.54) is 17.2 Å². The van der Waals surface area contributed by atoms with Crippen LogP contribution in [0.3, 0.4) is 0 Å². The lowest BCUT2D eigenvalue weighted by Crippen LogP contribution is -2.44. The molecule has 0 spiro atoms. The first-order valence-electron chi connectivity index (χ1n) is 15.8. The molecule has 0 N–H and O–H groups in total. The van der Waals surface area contributed by atoms with Gasteiger partial charge < -0.3 is 18.4 Å². The van der Waals surface area contributed by atoms with Crippen molar-refractivity contribution in [3.63, 3.8) is 0 Å². The molecule has 3 aromatic carbocycles. The van der Waals surface area contributed by atoms with Crippen LogP contribution in [0.2, 0.25) is 0 Å². The Morgan fingerprint density at radius 3 is 1.78 bits per heavy atom. The van der Waals surface area contributed by atoms with E-state index in [0.29, 0.717) is 26.1 Å². The molecule has 0 aliphatic carbocycles. The summed E-state index contributed by atoms with van der Waals surface area (Å²) in [4.78, 5) is 15.2. The Morgan fingerprint density at radius 1 is 0.822 bits per heavy atom. The van der Waals surface area contributed by atoms with E-state index in [4.69, 9.17) is 18.4 Å². The highest BCUT2D eigenvalue weighted by atomic mass is 32.3. The molecule has 2 atom stereocenters. The zero-order valence-electron chi connectivity index (χ0n) is 28.6. The van der Waals surface area contributed by atoms with Crippen LogP contribution in [0.4, 0.5) is 0 Å². The first-order chi connectivity index (χ1) is 21.6. The van der Waals surface area contributed by atoms with Gasteiger partial charge in [0.1, 0.15) is 13.4 Å². The first kappa shape index (κ1) is 38.2. The summed E-state index contributed by atoms with van der Waals surface area (Å²) in [6.45, 7) is 13.0. The van der Waals surface area contributed by atoms with Crippen LogP contribution in [0.1, 0.15) is 57.7 Å². The van der Waals surface area contributed by atoms with Crippen LogP contribution >= 0.6 is 10.3 Å². The molecular weight excluding hydrogens is 582 g/mol. The Bertz CT molecular complexity index is 1190. The van der Waals surface area contributed by atoms with Crippen molar-refractivity contribution in [3.8, 4) is 0 Å². The van der Waals surface area contributed by atoms with Gasteiger partial charge in [0.25, 0.3) is 0 Å². The summed E-state index contributed by atoms with van der Waals surface area (Å²) in [5.41, 5.74) is 3.33. The van der Waals surface area contributed by atoms with E-state index in [2.05, 4.69) is 86.7 Å².